The molecular weight excluding hydrogens is 444 g/mol. The fourth-order valence-corrected chi connectivity index (χ4v) is 4.57. The first-order valence-corrected chi connectivity index (χ1v) is 9.56. The number of halogens is 2. The third-order valence-electron chi connectivity index (χ3n) is 2.47. The van der Waals surface area contributed by atoms with E-state index >= 15 is 0 Å². The molecule has 3 N–H and O–H groups in total. The minimum absolute atomic E-state index is 0.0805. The smallest absolute Gasteiger partial charge is 0.251 e. The zero-order chi connectivity index (χ0) is 15.6. The van der Waals surface area contributed by atoms with Crippen molar-refractivity contribution in [2.75, 3.05) is 0 Å². The van der Waals surface area contributed by atoms with Gasteiger partial charge in [0.1, 0.15) is 4.21 Å². The molecule has 0 aliphatic rings. The van der Waals surface area contributed by atoms with Crippen LogP contribution < -0.4 is 10.5 Å². The topological polar surface area (TPSA) is 89.3 Å². The second kappa shape index (κ2) is 6.57. The number of thiophene rings is 1. The minimum atomic E-state index is -3.69. The maximum atomic E-state index is 12.0. The summed E-state index contributed by atoms with van der Waals surface area (Å²) in [6.45, 7) is 0.239. The first-order valence-electron chi connectivity index (χ1n) is 5.61. The molecule has 2 rings (SSSR count). The maximum Gasteiger partial charge on any atom is 0.251 e. The van der Waals surface area contributed by atoms with E-state index in [0.717, 1.165) is 20.3 Å². The van der Waals surface area contributed by atoms with Gasteiger partial charge < -0.3 is 5.32 Å². The lowest BCUT2D eigenvalue weighted by Gasteiger charge is -2.05. The van der Waals surface area contributed by atoms with Gasteiger partial charge in [-0.25, -0.2) is 13.6 Å². The largest absolute Gasteiger partial charge is 0.347 e. The quantitative estimate of drug-likeness (QED) is 0.745. The van der Waals surface area contributed by atoms with Crippen LogP contribution in [-0.2, 0) is 16.6 Å². The van der Waals surface area contributed by atoms with E-state index in [9.17, 15) is 13.2 Å². The van der Waals surface area contributed by atoms with Gasteiger partial charge in [0.25, 0.3) is 5.91 Å². The van der Waals surface area contributed by atoms with Crippen molar-refractivity contribution in [1.29, 1.82) is 0 Å². The van der Waals surface area contributed by atoms with E-state index in [1.807, 2.05) is 6.07 Å². The number of sulfonamides is 1. The number of carbonyl (C=O) groups is 1. The fraction of sp³-hybridized carbons (Fsp3) is 0.0833. The third-order valence-corrected chi connectivity index (χ3v) is 5.90. The molecule has 0 saturated heterocycles. The second-order valence-corrected chi connectivity index (χ2v) is 8.89. The van der Waals surface area contributed by atoms with Gasteiger partial charge in [-0.3, -0.25) is 4.79 Å². The highest BCUT2D eigenvalue weighted by atomic mass is 79.9. The van der Waals surface area contributed by atoms with Crippen LogP contribution in [0.3, 0.4) is 0 Å². The number of nitrogens with two attached hydrogens (primary N) is 1. The number of benzene rings is 1. The van der Waals surface area contributed by atoms with E-state index in [0.29, 0.717) is 10.4 Å². The van der Waals surface area contributed by atoms with E-state index in [-0.39, 0.29) is 16.7 Å². The SMILES string of the molecule is NS(=O)(=O)c1ccc(CNC(=O)c2cc(Br)cc(Br)c2)s1. The van der Waals surface area contributed by atoms with Crippen molar-refractivity contribution in [2.45, 2.75) is 10.8 Å². The van der Waals surface area contributed by atoms with Crippen molar-refractivity contribution < 1.29 is 13.2 Å². The lowest BCUT2D eigenvalue weighted by Crippen LogP contribution is -2.22. The summed E-state index contributed by atoms with van der Waals surface area (Å²) in [6.07, 6.45) is 0. The Kier molecular flexibility index (Phi) is 5.20. The van der Waals surface area contributed by atoms with Gasteiger partial charge in [-0.1, -0.05) is 31.9 Å². The Morgan fingerprint density at radius 2 is 1.81 bits per heavy atom. The molecule has 0 aliphatic heterocycles. The molecule has 112 valence electrons. The summed E-state index contributed by atoms with van der Waals surface area (Å²) >= 11 is 7.66. The Morgan fingerprint density at radius 3 is 2.33 bits per heavy atom. The van der Waals surface area contributed by atoms with Crippen LogP contribution in [0.4, 0.5) is 0 Å². The molecule has 0 atom stereocenters. The van der Waals surface area contributed by atoms with E-state index in [1.54, 1.807) is 18.2 Å². The summed E-state index contributed by atoms with van der Waals surface area (Å²) in [6, 6.07) is 8.28. The molecule has 0 saturated carbocycles. The average molecular weight is 454 g/mol. The molecular formula is C12H10Br2N2O3S2. The van der Waals surface area contributed by atoms with E-state index in [1.165, 1.54) is 6.07 Å². The van der Waals surface area contributed by atoms with Crippen molar-refractivity contribution in [3.8, 4) is 0 Å². The molecule has 1 heterocycles. The van der Waals surface area contributed by atoms with Crippen LogP contribution >= 0.6 is 43.2 Å². The summed E-state index contributed by atoms with van der Waals surface area (Å²) in [7, 11) is -3.69. The Morgan fingerprint density at radius 1 is 1.19 bits per heavy atom. The zero-order valence-corrected chi connectivity index (χ0v) is 15.3. The predicted molar refractivity (Wildman–Crippen MR) is 88.7 cm³/mol. The highest BCUT2D eigenvalue weighted by Gasteiger charge is 2.12. The fourth-order valence-electron chi connectivity index (χ4n) is 1.56. The molecule has 1 aromatic carbocycles. The number of amides is 1. The van der Waals surface area contributed by atoms with Gasteiger partial charge in [0.2, 0.25) is 10.0 Å². The number of primary sulfonamides is 1. The Hall–Kier alpha value is -0.740. The average Bonchev–Trinajstić information content (AvgIpc) is 2.83. The summed E-state index contributed by atoms with van der Waals surface area (Å²) in [4.78, 5) is 12.7. The van der Waals surface area contributed by atoms with Crippen molar-refractivity contribution in [2.24, 2.45) is 5.14 Å². The molecule has 2 aromatic rings. The number of carbonyl (C=O) groups excluding carboxylic acids is 1. The van der Waals surface area contributed by atoms with Crippen LogP contribution in [0.1, 0.15) is 15.2 Å². The van der Waals surface area contributed by atoms with Crippen molar-refractivity contribution in [1.82, 2.24) is 5.32 Å². The highest BCUT2D eigenvalue weighted by molar-refractivity contribution is 9.11. The van der Waals surface area contributed by atoms with Crippen LogP contribution in [0.25, 0.3) is 0 Å². The van der Waals surface area contributed by atoms with Crippen LogP contribution in [0, 0.1) is 0 Å². The third kappa shape index (κ3) is 4.62. The predicted octanol–water partition coefficient (Wildman–Crippen LogP) is 2.85. The first-order chi connectivity index (χ1) is 9.75. The van der Waals surface area contributed by atoms with Gasteiger partial charge in [-0.15, -0.1) is 11.3 Å². The Bertz CT molecular complexity index is 767. The molecule has 0 bridgehead atoms. The van der Waals surface area contributed by atoms with Crippen LogP contribution in [0.5, 0.6) is 0 Å². The zero-order valence-electron chi connectivity index (χ0n) is 10.5. The van der Waals surface area contributed by atoms with Gasteiger partial charge in [0, 0.05) is 19.4 Å². The van der Waals surface area contributed by atoms with E-state index in [4.69, 9.17) is 5.14 Å². The van der Waals surface area contributed by atoms with Gasteiger partial charge in [0.05, 0.1) is 6.54 Å². The summed E-state index contributed by atoms with van der Waals surface area (Å²) < 4.78 is 24.0. The Labute approximate surface area is 142 Å². The molecule has 0 radical (unpaired) electrons. The molecule has 0 aliphatic carbocycles. The number of hydrogen-bond acceptors (Lipinski definition) is 4. The van der Waals surface area contributed by atoms with Crippen LogP contribution in [-0.4, -0.2) is 14.3 Å². The standard InChI is InChI=1S/C12H10Br2N2O3S2/c13-8-3-7(4-9(14)5-8)12(17)16-6-10-1-2-11(20-10)21(15,18)19/h1-5H,6H2,(H,16,17)(H2,15,18,19). The summed E-state index contributed by atoms with van der Waals surface area (Å²) in [5.41, 5.74) is 0.500. The molecule has 0 spiro atoms. The minimum Gasteiger partial charge on any atom is -0.347 e. The van der Waals surface area contributed by atoms with Crippen molar-refractivity contribution in [3.63, 3.8) is 0 Å². The number of nitrogens with one attached hydrogen (secondary N) is 1. The van der Waals surface area contributed by atoms with Crippen molar-refractivity contribution in [3.05, 3.63) is 49.7 Å². The lowest BCUT2D eigenvalue weighted by atomic mass is 10.2. The van der Waals surface area contributed by atoms with Gasteiger partial charge in [0.15, 0.2) is 0 Å². The van der Waals surface area contributed by atoms with Crippen molar-refractivity contribution >= 4 is 59.1 Å². The normalized spacial score (nSPS) is 11.4. The summed E-state index contributed by atoms with van der Waals surface area (Å²) in [5.74, 6) is -0.248. The molecule has 0 unspecified atom stereocenters. The first kappa shape index (κ1) is 16.6. The molecule has 1 aromatic heterocycles. The van der Waals surface area contributed by atoms with Gasteiger partial charge in [-0.05, 0) is 30.3 Å². The number of hydrogen-bond donors (Lipinski definition) is 2. The second-order valence-electron chi connectivity index (χ2n) is 4.11. The molecule has 9 heteroatoms. The molecule has 1 amide bonds. The maximum absolute atomic E-state index is 12.0. The van der Waals surface area contributed by atoms with Gasteiger partial charge in [-0.2, -0.15) is 0 Å². The van der Waals surface area contributed by atoms with E-state index in [2.05, 4.69) is 37.2 Å². The molecule has 0 fully saturated rings. The van der Waals surface area contributed by atoms with Crippen LogP contribution in [0.2, 0.25) is 0 Å². The van der Waals surface area contributed by atoms with Gasteiger partial charge >= 0.3 is 0 Å². The highest BCUT2D eigenvalue weighted by Crippen LogP contribution is 2.21. The molecule has 21 heavy (non-hydrogen) atoms. The van der Waals surface area contributed by atoms with Crippen LogP contribution in [0.15, 0.2) is 43.5 Å². The number of rotatable bonds is 4. The Balaban J connectivity index is 2.06. The van der Waals surface area contributed by atoms with E-state index < -0.39 is 10.0 Å². The summed E-state index contributed by atoms with van der Waals surface area (Å²) in [5, 5.41) is 7.76. The monoisotopic (exact) mass is 452 g/mol. The molecule has 5 nitrogen and oxygen atoms in total. The lowest BCUT2D eigenvalue weighted by molar-refractivity contribution is 0.0951.